The van der Waals surface area contributed by atoms with E-state index >= 15 is 0 Å². The molecule has 0 saturated heterocycles. The maximum Gasteiger partial charge on any atom is 0.0587 e. The van der Waals surface area contributed by atoms with Gasteiger partial charge >= 0.3 is 0 Å². The van der Waals surface area contributed by atoms with Gasteiger partial charge in [0, 0.05) is 6.92 Å². The van der Waals surface area contributed by atoms with Crippen LogP contribution in [-0.2, 0) is 0 Å². The van der Waals surface area contributed by atoms with Crippen LogP contribution in [0.3, 0.4) is 0 Å². The van der Waals surface area contributed by atoms with E-state index in [1.54, 1.807) is 6.07 Å². The second-order valence-electron chi connectivity index (χ2n) is 2.97. The molecule has 1 aliphatic carbocycles. The van der Waals surface area contributed by atoms with Crippen LogP contribution in [0.2, 0.25) is 0 Å². The summed E-state index contributed by atoms with van der Waals surface area (Å²) in [4.78, 5) is 0. The van der Waals surface area contributed by atoms with Gasteiger partial charge in [-0.2, -0.15) is 5.26 Å². The van der Waals surface area contributed by atoms with E-state index in [0.29, 0.717) is 0 Å². The van der Waals surface area contributed by atoms with Gasteiger partial charge in [-0.05, 0) is 5.92 Å². The molecule has 1 fully saturated rings. The molecule has 0 aromatic rings. The summed E-state index contributed by atoms with van der Waals surface area (Å²) in [6.45, 7) is 11.8. The van der Waals surface area contributed by atoms with Crippen molar-refractivity contribution < 1.29 is 0 Å². The van der Waals surface area contributed by atoms with Crippen LogP contribution >= 0.6 is 0 Å². The Bertz CT molecular complexity index is 96.3. The minimum Gasteiger partial charge on any atom is -0.199 e. The molecule has 0 atom stereocenters. The smallest absolute Gasteiger partial charge is 0.0587 e. The number of hydrogen-bond donors (Lipinski definition) is 0. The van der Waals surface area contributed by atoms with Gasteiger partial charge in [0.15, 0.2) is 0 Å². The molecule has 0 unspecified atom stereocenters. The van der Waals surface area contributed by atoms with Crippen LogP contribution in [0.25, 0.3) is 0 Å². The van der Waals surface area contributed by atoms with Crippen LogP contribution in [0.1, 0.15) is 73.6 Å². The Balaban J connectivity index is -0.000000148. The minimum atomic E-state index is 1.04. The summed E-state index contributed by atoms with van der Waals surface area (Å²) in [7, 11) is 0. The molecule has 1 saturated carbocycles. The molecule has 0 radical (unpaired) electrons. The predicted octanol–water partition coefficient (Wildman–Crippen LogP) is 5.17. The maximum atomic E-state index is 7.32. The summed E-state index contributed by atoms with van der Waals surface area (Å²) in [5.74, 6) is 1.04. The molecule has 14 heavy (non-hydrogen) atoms. The van der Waals surface area contributed by atoms with Gasteiger partial charge in [-0.1, -0.05) is 66.7 Å². The molecular weight excluding hydrogens is 170 g/mol. The second kappa shape index (κ2) is 22.9. The van der Waals surface area contributed by atoms with Crippen LogP contribution in [0.5, 0.6) is 0 Å². The van der Waals surface area contributed by atoms with E-state index in [4.69, 9.17) is 5.26 Å². The van der Waals surface area contributed by atoms with Gasteiger partial charge in [-0.15, -0.1) is 0 Å². The second-order valence-corrected chi connectivity index (χ2v) is 2.97. The summed E-state index contributed by atoms with van der Waals surface area (Å²) in [5, 5.41) is 7.32. The minimum absolute atomic E-state index is 1.04. The summed E-state index contributed by atoms with van der Waals surface area (Å²) in [6.07, 6.45) is 7.44. The largest absolute Gasteiger partial charge is 0.199 e. The van der Waals surface area contributed by atoms with E-state index in [2.05, 4.69) is 6.92 Å². The summed E-state index contributed by atoms with van der Waals surface area (Å²) >= 11 is 0. The van der Waals surface area contributed by atoms with Crippen molar-refractivity contribution in [1.82, 2.24) is 0 Å². The zero-order chi connectivity index (χ0) is 11.8. The highest BCUT2D eigenvalue weighted by Gasteiger charge is 2.05. The van der Waals surface area contributed by atoms with Crippen molar-refractivity contribution in [3.8, 4) is 6.07 Å². The maximum absolute atomic E-state index is 7.32. The van der Waals surface area contributed by atoms with Crippen LogP contribution in [0.4, 0.5) is 0 Å². The molecule has 86 valence electrons. The molecule has 0 heterocycles. The van der Waals surface area contributed by atoms with Crippen LogP contribution in [-0.4, -0.2) is 0 Å². The topological polar surface area (TPSA) is 23.8 Å². The summed E-state index contributed by atoms with van der Waals surface area (Å²) < 4.78 is 0. The predicted molar refractivity (Wildman–Crippen MR) is 66.2 cm³/mol. The average Bonchev–Trinajstić information content (AvgIpc) is 2.26. The summed E-state index contributed by atoms with van der Waals surface area (Å²) in [5.41, 5.74) is 0. The molecule has 0 aromatic carbocycles. The Morgan fingerprint density at radius 2 is 1.21 bits per heavy atom. The fourth-order valence-electron chi connectivity index (χ4n) is 1.31. The molecule has 1 aliphatic rings. The van der Waals surface area contributed by atoms with Gasteiger partial charge in [0.1, 0.15) is 0 Å². The van der Waals surface area contributed by atoms with E-state index in [0.717, 1.165) is 5.92 Å². The van der Waals surface area contributed by atoms with E-state index < -0.39 is 0 Å². The molecule has 1 heteroatoms. The zero-order valence-electron chi connectivity index (χ0n) is 11.1. The summed E-state index contributed by atoms with van der Waals surface area (Å²) in [6, 6.07) is 1.75. The van der Waals surface area contributed by atoms with Crippen molar-refractivity contribution in [3.63, 3.8) is 0 Å². The molecule has 0 N–H and O–H groups in total. The molecule has 0 spiro atoms. The van der Waals surface area contributed by atoms with Crippen molar-refractivity contribution >= 4 is 0 Å². The third-order valence-electron chi connectivity index (χ3n) is 1.89. The van der Waals surface area contributed by atoms with Crippen molar-refractivity contribution in [2.24, 2.45) is 5.92 Å². The Kier molecular flexibility index (Phi) is 31.2. The van der Waals surface area contributed by atoms with Gasteiger partial charge in [-0.25, -0.2) is 0 Å². The van der Waals surface area contributed by atoms with E-state index in [-0.39, 0.29) is 0 Å². The third kappa shape index (κ3) is 22.5. The van der Waals surface area contributed by atoms with Crippen molar-refractivity contribution in [2.75, 3.05) is 0 Å². The Labute approximate surface area is 91.5 Å². The average molecular weight is 199 g/mol. The zero-order valence-corrected chi connectivity index (χ0v) is 11.1. The van der Waals surface area contributed by atoms with Crippen molar-refractivity contribution in [1.29, 1.82) is 5.26 Å². The highest BCUT2D eigenvalue weighted by Crippen LogP contribution is 2.21. The highest BCUT2D eigenvalue weighted by molar-refractivity contribution is 4.59. The van der Waals surface area contributed by atoms with Crippen LogP contribution in [0, 0.1) is 17.2 Å². The molecule has 0 aliphatic heterocycles. The fraction of sp³-hybridized carbons (Fsp3) is 0.923. The standard InChI is InChI=1S/C7H14.C2H3N.2C2H6/c1-7-5-3-2-4-6-7;1-2-3;2*1-2/h7H,2-6H2,1H3;1H3;2*1-2H3. The first kappa shape index (κ1) is 19.1. The number of nitrogens with zero attached hydrogens (tertiary/aromatic N) is 1. The van der Waals surface area contributed by atoms with Crippen LogP contribution in [0.15, 0.2) is 0 Å². The third-order valence-corrected chi connectivity index (χ3v) is 1.89. The Hall–Kier alpha value is -0.510. The van der Waals surface area contributed by atoms with Gasteiger partial charge in [0.2, 0.25) is 0 Å². The normalized spacial score (nSPS) is 14.1. The number of hydrogen-bond acceptors (Lipinski definition) is 1. The Morgan fingerprint density at radius 1 is 0.929 bits per heavy atom. The van der Waals surface area contributed by atoms with Gasteiger partial charge in [0.05, 0.1) is 6.07 Å². The molecule has 0 aromatic heterocycles. The van der Waals surface area contributed by atoms with Gasteiger partial charge in [-0.3, -0.25) is 0 Å². The van der Waals surface area contributed by atoms with E-state index in [1.165, 1.54) is 39.0 Å². The van der Waals surface area contributed by atoms with Crippen molar-refractivity contribution in [2.45, 2.75) is 73.6 Å². The lowest BCUT2D eigenvalue weighted by atomic mass is 9.91. The lowest BCUT2D eigenvalue weighted by molar-refractivity contribution is 0.385. The molecule has 0 amide bonds. The first-order valence-corrected chi connectivity index (χ1v) is 6.12. The SMILES string of the molecule is CC.CC.CC#N.CC1CCCCC1. The lowest BCUT2D eigenvalue weighted by Gasteiger charge is -2.15. The quantitative estimate of drug-likeness (QED) is 0.528. The highest BCUT2D eigenvalue weighted by atomic mass is 14.2. The van der Waals surface area contributed by atoms with Gasteiger partial charge < -0.3 is 0 Å². The van der Waals surface area contributed by atoms with Gasteiger partial charge in [0.25, 0.3) is 0 Å². The molecule has 0 bridgehead atoms. The first-order chi connectivity index (χ1) is 6.81. The fourth-order valence-corrected chi connectivity index (χ4v) is 1.31. The van der Waals surface area contributed by atoms with E-state index in [9.17, 15) is 0 Å². The number of nitriles is 1. The molecule has 1 nitrogen and oxygen atoms in total. The lowest BCUT2D eigenvalue weighted by Crippen LogP contribution is -1.99. The monoisotopic (exact) mass is 199 g/mol. The molecular formula is C13H29N. The van der Waals surface area contributed by atoms with Crippen molar-refractivity contribution in [3.05, 3.63) is 0 Å². The number of rotatable bonds is 0. The van der Waals surface area contributed by atoms with Crippen LogP contribution < -0.4 is 0 Å². The molecule has 1 rings (SSSR count). The first-order valence-electron chi connectivity index (χ1n) is 6.12. The Morgan fingerprint density at radius 3 is 1.36 bits per heavy atom. The van der Waals surface area contributed by atoms with E-state index in [1.807, 2.05) is 27.7 Å².